The summed E-state index contributed by atoms with van der Waals surface area (Å²) in [6.07, 6.45) is 0.934. The number of nitrogens with one attached hydrogen (secondary N) is 1. The van der Waals surface area contributed by atoms with E-state index in [0.717, 1.165) is 25.1 Å². The second-order valence-corrected chi connectivity index (χ2v) is 4.71. The third kappa shape index (κ3) is 5.85. The first-order chi connectivity index (χ1) is 9.15. The topological polar surface area (TPSA) is 41.6 Å². The van der Waals surface area contributed by atoms with Crippen molar-refractivity contribution in [3.8, 4) is 0 Å². The Hall–Kier alpha value is -1.39. The van der Waals surface area contributed by atoms with Gasteiger partial charge in [0.05, 0.1) is 6.04 Å². The highest BCUT2D eigenvalue weighted by Gasteiger charge is 2.16. The number of hydrogen-bond donors (Lipinski definition) is 1. The van der Waals surface area contributed by atoms with Crippen molar-refractivity contribution < 1.29 is 9.53 Å². The summed E-state index contributed by atoms with van der Waals surface area (Å²) >= 11 is 0. The molecule has 0 spiro atoms. The van der Waals surface area contributed by atoms with E-state index in [0.29, 0.717) is 6.54 Å². The lowest BCUT2D eigenvalue weighted by molar-refractivity contribution is -0.125. The Labute approximate surface area is 115 Å². The highest BCUT2D eigenvalue weighted by Crippen LogP contribution is 2.00. The maximum Gasteiger partial charge on any atom is 0.237 e. The first-order valence-corrected chi connectivity index (χ1v) is 6.66. The molecule has 0 heterocycles. The number of likely N-dealkylation sites (N-methyl/N-ethyl adjacent to an activating group) is 1. The highest BCUT2D eigenvalue weighted by atomic mass is 16.5. The number of amides is 1. The third-order valence-corrected chi connectivity index (χ3v) is 3.21. The van der Waals surface area contributed by atoms with E-state index in [2.05, 4.69) is 5.32 Å². The zero-order valence-corrected chi connectivity index (χ0v) is 12.1. The molecule has 1 aromatic carbocycles. The van der Waals surface area contributed by atoms with Gasteiger partial charge in [0.1, 0.15) is 0 Å². The van der Waals surface area contributed by atoms with Crippen LogP contribution in [0, 0.1) is 0 Å². The lowest BCUT2D eigenvalue weighted by Gasteiger charge is -2.23. The molecule has 1 aromatic rings. The van der Waals surface area contributed by atoms with Gasteiger partial charge in [-0.3, -0.25) is 9.69 Å². The smallest absolute Gasteiger partial charge is 0.237 e. The first-order valence-electron chi connectivity index (χ1n) is 6.66. The molecular formula is C15H24N2O2. The SMILES string of the molecule is COCCCN(C)C(C)C(=O)NCc1ccccc1. The molecule has 1 N–H and O–H groups in total. The van der Waals surface area contributed by atoms with Crippen LogP contribution in [0.4, 0.5) is 0 Å². The number of hydrogen-bond acceptors (Lipinski definition) is 3. The van der Waals surface area contributed by atoms with Gasteiger partial charge in [0.2, 0.25) is 5.91 Å². The Bertz CT molecular complexity index is 368. The average Bonchev–Trinajstić information content (AvgIpc) is 2.45. The fraction of sp³-hybridized carbons (Fsp3) is 0.533. The van der Waals surface area contributed by atoms with Crippen LogP contribution < -0.4 is 5.32 Å². The molecule has 19 heavy (non-hydrogen) atoms. The number of rotatable bonds is 8. The molecule has 0 aliphatic heterocycles. The van der Waals surface area contributed by atoms with Gasteiger partial charge in [0.15, 0.2) is 0 Å². The van der Waals surface area contributed by atoms with Gasteiger partial charge < -0.3 is 10.1 Å². The molecule has 4 heteroatoms. The van der Waals surface area contributed by atoms with Gasteiger partial charge in [-0.2, -0.15) is 0 Å². The van der Waals surface area contributed by atoms with Gasteiger partial charge in [-0.1, -0.05) is 30.3 Å². The van der Waals surface area contributed by atoms with Gasteiger partial charge in [-0.15, -0.1) is 0 Å². The Kier molecular flexibility index (Phi) is 7.15. The van der Waals surface area contributed by atoms with Crippen molar-refractivity contribution in [2.45, 2.75) is 25.9 Å². The Morgan fingerprint density at radius 2 is 2.05 bits per heavy atom. The molecule has 0 radical (unpaired) electrons. The zero-order valence-electron chi connectivity index (χ0n) is 12.1. The first kappa shape index (κ1) is 15.7. The molecule has 0 aromatic heterocycles. The summed E-state index contributed by atoms with van der Waals surface area (Å²) in [7, 11) is 3.65. The van der Waals surface area contributed by atoms with Crippen LogP contribution in [0.2, 0.25) is 0 Å². The van der Waals surface area contributed by atoms with Gasteiger partial charge in [-0.05, 0) is 26.0 Å². The van der Waals surface area contributed by atoms with Crippen molar-refractivity contribution in [3.63, 3.8) is 0 Å². The minimum absolute atomic E-state index is 0.0590. The van der Waals surface area contributed by atoms with Gasteiger partial charge in [0, 0.05) is 26.8 Å². The van der Waals surface area contributed by atoms with Crippen LogP contribution in [0.5, 0.6) is 0 Å². The maximum atomic E-state index is 12.0. The molecule has 1 atom stereocenters. The normalized spacial score (nSPS) is 12.4. The van der Waals surface area contributed by atoms with E-state index in [1.165, 1.54) is 0 Å². The fourth-order valence-corrected chi connectivity index (χ4v) is 1.78. The van der Waals surface area contributed by atoms with Crippen LogP contribution in [0.1, 0.15) is 18.9 Å². The largest absolute Gasteiger partial charge is 0.385 e. The lowest BCUT2D eigenvalue weighted by atomic mass is 10.2. The van der Waals surface area contributed by atoms with E-state index >= 15 is 0 Å². The van der Waals surface area contributed by atoms with E-state index in [1.54, 1.807) is 7.11 Å². The van der Waals surface area contributed by atoms with Crippen molar-refractivity contribution in [2.75, 3.05) is 27.3 Å². The predicted molar refractivity (Wildman–Crippen MR) is 76.9 cm³/mol. The lowest BCUT2D eigenvalue weighted by Crippen LogP contribution is -2.43. The fourth-order valence-electron chi connectivity index (χ4n) is 1.78. The van der Waals surface area contributed by atoms with Gasteiger partial charge in [0.25, 0.3) is 0 Å². The van der Waals surface area contributed by atoms with E-state index in [-0.39, 0.29) is 11.9 Å². The average molecular weight is 264 g/mol. The molecule has 0 aliphatic carbocycles. The highest BCUT2D eigenvalue weighted by molar-refractivity contribution is 5.81. The molecule has 0 aliphatic rings. The van der Waals surface area contributed by atoms with Crippen LogP contribution in [0.3, 0.4) is 0 Å². The maximum absolute atomic E-state index is 12.0. The number of nitrogens with zero attached hydrogens (tertiary/aromatic N) is 1. The second-order valence-electron chi connectivity index (χ2n) is 4.71. The summed E-state index contributed by atoms with van der Waals surface area (Å²) in [4.78, 5) is 14.0. The van der Waals surface area contributed by atoms with Crippen molar-refractivity contribution >= 4 is 5.91 Å². The molecule has 1 amide bonds. The van der Waals surface area contributed by atoms with Crippen LogP contribution in [0.15, 0.2) is 30.3 Å². The molecule has 4 nitrogen and oxygen atoms in total. The summed E-state index contributed by atoms with van der Waals surface area (Å²) in [5.41, 5.74) is 1.12. The number of methoxy groups -OCH3 is 1. The Morgan fingerprint density at radius 1 is 1.37 bits per heavy atom. The molecule has 0 fully saturated rings. The molecule has 106 valence electrons. The standard InChI is InChI=1S/C15H24N2O2/c1-13(17(2)10-7-11-19-3)15(18)16-12-14-8-5-4-6-9-14/h4-6,8-9,13H,7,10-12H2,1-3H3,(H,16,18). The molecule has 0 saturated carbocycles. The van der Waals surface area contributed by atoms with Gasteiger partial charge >= 0.3 is 0 Å². The summed E-state index contributed by atoms with van der Waals surface area (Å²) in [6.45, 7) is 4.08. The molecular weight excluding hydrogens is 240 g/mol. The summed E-state index contributed by atoms with van der Waals surface area (Å²) in [6, 6.07) is 9.81. The van der Waals surface area contributed by atoms with Gasteiger partial charge in [-0.25, -0.2) is 0 Å². The number of carbonyl (C=O) groups excluding carboxylic acids is 1. The van der Waals surface area contributed by atoms with E-state index in [9.17, 15) is 4.79 Å². The number of carbonyl (C=O) groups is 1. The van der Waals surface area contributed by atoms with Crippen molar-refractivity contribution in [2.24, 2.45) is 0 Å². The number of benzene rings is 1. The molecule has 0 bridgehead atoms. The van der Waals surface area contributed by atoms with Crippen LogP contribution in [-0.2, 0) is 16.1 Å². The molecule has 0 saturated heterocycles. The van der Waals surface area contributed by atoms with E-state index in [4.69, 9.17) is 4.74 Å². The quantitative estimate of drug-likeness (QED) is 0.726. The van der Waals surface area contributed by atoms with E-state index in [1.807, 2.05) is 49.2 Å². The summed E-state index contributed by atoms with van der Waals surface area (Å²) in [5.74, 6) is 0.0590. The minimum atomic E-state index is -0.124. The van der Waals surface area contributed by atoms with Crippen molar-refractivity contribution in [3.05, 3.63) is 35.9 Å². The van der Waals surface area contributed by atoms with Crippen molar-refractivity contribution in [1.29, 1.82) is 0 Å². The Morgan fingerprint density at radius 3 is 2.68 bits per heavy atom. The number of ether oxygens (including phenoxy) is 1. The van der Waals surface area contributed by atoms with E-state index < -0.39 is 0 Å². The van der Waals surface area contributed by atoms with Crippen LogP contribution in [0.25, 0.3) is 0 Å². The minimum Gasteiger partial charge on any atom is -0.385 e. The van der Waals surface area contributed by atoms with Crippen LogP contribution >= 0.6 is 0 Å². The third-order valence-electron chi connectivity index (χ3n) is 3.21. The molecule has 1 rings (SSSR count). The monoisotopic (exact) mass is 264 g/mol. The zero-order chi connectivity index (χ0) is 14.1. The Balaban J connectivity index is 2.31. The van der Waals surface area contributed by atoms with Crippen molar-refractivity contribution in [1.82, 2.24) is 10.2 Å². The second kappa shape index (κ2) is 8.67. The molecule has 1 unspecified atom stereocenters. The summed E-state index contributed by atoms with van der Waals surface area (Å²) in [5, 5.41) is 2.96. The summed E-state index contributed by atoms with van der Waals surface area (Å²) < 4.78 is 5.01. The predicted octanol–water partition coefficient (Wildman–Crippen LogP) is 1.66. The van der Waals surface area contributed by atoms with Crippen LogP contribution in [-0.4, -0.2) is 44.2 Å².